The number of hydrogen-bond donors (Lipinski definition) is 1. The third-order valence-corrected chi connectivity index (χ3v) is 5.41. The predicted molar refractivity (Wildman–Crippen MR) is 127 cm³/mol. The Morgan fingerprint density at radius 1 is 0.875 bits per heavy atom. The van der Waals surface area contributed by atoms with Gasteiger partial charge in [-0.1, -0.05) is 17.7 Å². The maximum absolute atomic E-state index is 13.4. The fourth-order valence-electron chi connectivity index (χ4n) is 3.73. The van der Waals surface area contributed by atoms with Crippen LogP contribution >= 0.6 is 0 Å². The standard InChI is InChI=1S/C26H24N2O4/c1-16-5-12-24(17(2)13-16)28-25(29)22-14-20(32-4)10-11-21(22)23(26(28)30)15-27-18-6-8-19(31-3)9-7-18/h5-15,30H,1-4H3. The quantitative estimate of drug-likeness (QED) is 0.450. The second-order valence-corrected chi connectivity index (χ2v) is 7.54. The molecule has 3 aromatic carbocycles. The van der Waals surface area contributed by atoms with E-state index in [-0.39, 0.29) is 11.4 Å². The van der Waals surface area contributed by atoms with Crippen LogP contribution in [0.2, 0.25) is 0 Å². The third-order valence-electron chi connectivity index (χ3n) is 5.41. The molecule has 0 saturated heterocycles. The van der Waals surface area contributed by atoms with Gasteiger partial charge in [-0.3, -0.25) is 9.79 Å². The van der Waals surface area contributed by atoms with Crippen LogP contribution in [0.4, 0.5) is 5.69 Å². The minimum atomic E-state index is -0.329. The summed E-state index contributed by atoms with van der Waals surface area (Å²) in [6.45, 7) is 3.90. The highest BCUT2D eigenvalue weighted by Gasteiger charge is 2.18. The van der Waals surface area contributed by atoms with Crippen molar-refractivity contribution in [2.45, 2.75) is 13.8 Å². The zero-order valence-corrected chi connectivity index (χ0v) is 18.4. The lowest BCUT2D eigenvalue weighted by molar-refractivity contribution is 0.415. The van der Waals surface area contributed by atoms with E-state index >= 15 is 0 Å². The maximum Gasteiger partial charge on any atom is 0.265 e. The fourth-order valence-corrected chi connectivity index (χ4v) is 3.73. The van der Waals surface area contributed by atoms with Gasteiger partial charge in [0.2, 0.25) is 5.88 Å². The molecule has 1 N–H and O–H groups in total. The van der Waals surface area contributed by atoms with Crippen molar-refractivity contribution in [3.63, 3.8) is 0 Å². The predicted octanol–water partition coefficient (Wildman–Crippen LogP) is 5.08. The summed E-state index contributed by atoms with van der Waals surface area (Å²) in [5, 5.41) is 12.2. The van der Waals surface area contributed by atoms with E-state index in [2.05, 4.69) is 4.99 Å². The average Bonchev–Trinajstić information content (AvgIpc) is 2.80. The number of aromatic nitrogens is 1. The minimum Gasteiger partial charge on any atom is -0.497 e. The average molecular weight is 428 g/mol. The molecular formula is C26H24N2O4. The Bertz CT molecular complexity index is 1390. The number of pyridine rings is 1. The van der Waals surface area contributed by atoms with Gasteiger partial charge in [0.05, 0.1) is 36.5 Å². The van der Waals surface area contributed by atoms with E-state index in [9.17, 15) is 9.90 Å². The van der Waals surface area contributed by atoms with Crippen LogP contribution in [0, 0.1) is 13.8 Å². The monoisotopic (exact) mass is 428 g/mol. The molecule has 32 heavy (non-hydrogen) atoms. The van der Waals surface area contributed by atoms with E-state index in [1.54, 1.807) is 38.6 Å². The lowest BCUT2D eigenvalue weighted by Gasteiger charge is -2.16. The number of nitrogens with zero attached hydrogens (tertiary/aromatic N) is 2. The molecule has 0 radical (unpaired) electrons. The Labute approximate surface area is 186 Å². The van der Waals surface area contributed by atoms with Crippen molar-refractivity contribution in [1.29, 1.82) is 0 Å². The number of aliphatic imine (C=N–C) groups is 1. The summed E-state index contributed by atoms with van der Waals surface area (Å²) >= 11 is 0. The van der Waals surface area contributed by atoms with E-state index in [1.165, 1.54) is 4.57 Å². The van der Waals surface area contributed by atoms with E-state index in [0.717, 1.165) is 16.9 Å². The number of rotatable bonds is 5. The fraction of sp³-hybridized carbons (Fsp3) is 0.154. The summed E-state index contributed by atoms with van der Waals surface area (Å²) in [4.78, 5) is 18.0. The Balaban J connectivity index is 1.98. The number of aryl methyl sites for hydroxylation is 2. The number of fused-ring (bicyclic) bond motifs is 1. The summed E-state index contributed by atoms with van der Waals surface area (Å²) in [6.07, 6.45) is 1.57. The third kappa shape index (κ3) is 3.83. The number of hydrogen-bond acceptors (Lipinski definition) is 5. The molecule has 0 saturated carbocycles. The molecule has 162 valence electrons. The first-order valence-electron chi connectivity index (χ1n) is 10.1. The molecule has 0 atom stereocenters. The lowest BCUT2D eigenvalue weighted by Crippen LogP contribution is -2.21. The van der Waals surface area contributed by atoms with Crippen LogP contribution in [0.15, 0.2) is 70.5 Å². The minimum absolute atomic E-state index is 0.170. The molecule has 1 aromatic heterocycles. The topological polar surface area (TPSA) is 73.0 Å². The number of ether oxygens (including phenoxy) is 2. The number of methoxy groups -OCH3 is 2. The zero-order chi connectivity index (χ0) is 22.8. The van der Waals surface area contributed by atoms with Crippen molar-refractivity contribution in [1.82, 2.24) is 4.57 Å². The largest absolute Gasteiger partial charge is 0.497 e. The molecular weight excluding hydrogens is 404 g/mol. The van der Waals surface area contributed by atoms with Gasteiger partial charge in [-0.15, -0.1) is 0 Å². The van der Waals surface area contributed by atoms with Gasteiger partial charge in [0.25, 0.3) is 5.56 Å². The molecule has 4 aromatic rings. The highest BCUT2D eigenvalue weighted by atomic mass is 16.5. The molecule has 0 bridgehead atoms. The summed E-state index contributed by atoms with van der Waals surface area (Å²) in [5.74, 6) is 1.12. The van der Waals surface area contributed by atoms with Crippen LogP contribution < -0.4 is 15.0 Å². The molecule has 0 aliphatic rings. The van der Waals surface area contributed by atoms with Gasteiger partial charge in [-0.2, -0.15) is 0 Å². The molecule has 0 aliphatic carbocycles. The van der Waals surface area contributed by atoms with E-state index < -0.39 is 0 Å². The van der Waals surface area contributed by atoms with Crippen LogP contribution in [0.3, 0.4) is 0 Å². The maximum atomic E-state index is 13.4. The number of aromatic hydroxyl groups is 1. The number of benzene rings is 3. The smallest absolute Gasteiger partial charge is 0.265 e. The highest BCUT2D eigenvalue weighted by Crippen LogP contribution is 2.30. The molecule has 4 rings (SSSR count). The molecule has 1 heterocycles. The van der Waals surface area contributed by atoms with Crippen LogP contribution in [0.1, 0.15) is 16.7 Å². The van der Waals surface area contributed by atoms with Gasteiger partial charge in [-0.25, -0.2) is 4.57 Å². The normalized spacial score (nSPS) is 11.2. The van der Waals surface area contributed by atoms with Crippen molar-refractivity contribution < 1.29 is 14.6 Å². The summed E-state index contributed by atoms with van der Waals surface area (Å²) < 4.78 is 11.8. The van der Waals surface area contributed by atoms with Crippen molar-refractivity contribution in [2.75, 3.05) is 14.2 Å². The molecule has 6 heteroatoms. The van der Waals surface area contributed by atoms with Gasteiger partial charge >= 0.3 is 0 Å². The summed E-state index contributed by atoms with van der Waals surface area (Å²) in [5.41, 5.74) is 3.37. The highest BCUT2D eigenvalue weighted by molar-refractivity contribution is 6.02. The van der Waals surface area contributed by atoms with Crippen LogP contribution in [-0.4, -0.2) is 30.1 Å². The first-order chi connectivity index (χ1) is 15.4. The van der Waals surface area contributed by atoms with Gasteiger partial charge in [0.15, 0.2) is 0 Å². The van der Waals surface area contributed by atoms with Gasteiger partial charge in [0, 0.05) is 11.6 Å². The van der Waals surface area contributed by atoms with Gasteiger partial charge < -0.3 is 14.6 Å². The van der Waals surface area contributed by atoms with Crippen LogP contribution in [-0.2, 0) is 0 Å². The Morgan fingerprint density at radius 3 is 2.22 bits per heavy atom. The molecule has 0 aliphatic heterocycles. The van der Waals surface area contributed by atoms with Gasteiger partial charge in [0.1, 0.15) is 11.5 Å². The molecule has 0 fully saturated rings. The van der Waals surface area contributed by atoms with Crippen molar-refractivity contribution in [3.05, 3.63) is 87.7 Å². The van der Waals surface area contributed by atoms with Crippen LogP contribution in [0.5, 0.6) is 17.4 Å². The molecule has 0 amide bonds. The zero-order valence-electron chi connectivity index (χ0n) is 18.4. The van der Waals surface area contributed by atoms with Crippen molar-refractivity contribution in [3.8, 4) is 23.1 Å². The first-order valence-corrected chi connectivity index (χ1v) is 10.1. The van der Waals surface area contributed by atoms with Gasteiger partial charge in [-0.05, 0) is 67.9 Å². The van der Waals surface area contributed by atoms with E-state index in [4.69, 9.17) is 9.47 Å². The molecule has 6 nitrogen and oxygen atoms in total. The lowest BCUT2D eigenvalue weighted by atomic mass is 10.1. The van der Waals surface area contributed by atoms with E-state index in [1.807, 2.05) is 56.3 Å². The van der Waals surface area contributed by atoms with Crippen molar-refractivity contribution in [2.24, 2.45) is 4.99 Å². The second kappa shape index (κ2) is 8.59. The first kappa shape index (κ1) is 21.2. The summed E-state index contributed by atoms with van der Waals surface area (Å²) in [7, 11) is 3.16. The molecule has 0 unspecified atom stereocenters. The Kier molecular flexibility index (Phi) is 5.69. The SMILES string of the molecule is COc1ccc(N=Cc2c(O)n(-c3ccc(C)cc3C)c(=O)c3cc(OC)ccc23)cc1. The van der Waals surface area contributed by atoms with E-state index in [0.29, 0.717) is 33.5 Å². The Hall–Kier alpha value is -4.06. The Morgan fingerprint density at radius 2 is 1.56 bits per heavy atom. The van der Waals surface area contributed by atoms with Crippen LogP contribution in [0.25, 0.3) is 16.5 Å². The van der Waals surface area contributed by atoms with Crippen molar-refractivity contribution >= 4 is 22.7 Å². The molecule has 0 spiro atoms. The second-order valence-electron chi connectivity index (χ2n) is 7.54. The summed E-state index contributed by atoms with van der Waals surface area (Å²) in [6, 6.07) is 18.2.